The first-order valence-electron chi connectivity index (χ1n) is 6.35. The molecule has 1 aliphatic rings. The van der Waals surface area contributed by atoms with Crippen molar-refractivity contribution in [2.24, 2.45) is 0 Å². The molecule has 0 aliphatic carbocycles. The molecule has 2 rings (SSSR count). The summed E-state index contributed by atoms with van der Waals surface area (Å²) in [6.45, 7) is 4.01. The number of aliphatic carboxylic acids is 1. The lowest BCUT2D eigenvalue weighted by atomic mass is 10.0. The Morgan fingerprint density at radius 3 is 2.44 bits per heavy atom. The minimum atomic E-state index is -0.917. The molecule has 1 aromatic rings. The maximum absolute atomic E-state index is 11.3. The number of nitrogens with one attached hydrogen (secondary N) is 1. The lowest BCUT2D eigenvalue weighted by Crippen LogP contribution is -2.40. The van der Waals surface area contributed by atoms with Gasteiger partial charge in [-0.25, -0.2) is 4.79 Å². The van der Waals surface area contributed by atoms with Gasteiger partial charge in [-0.05, 0) is 18.4 Å². The van der Waals surface area contributed by atoms with Gasteiger partial charge >= 0.3 is 5.97 Å². The Morgan fingerprint density at radius 1 is 1.33 bits per heavy atom. The van der Waals surface area contributed by atoms with E-state index in [1.165, 1.54) is 0 Å². The largest absolute Gasteiger partial charge is 0.479 e. The first kappa shape index (κ1) is 13.1. The predicted octanol–water partition coefficient (Wildman–Crippen LogP) is 2.32. The van der Waals surface area contributed by atoms with Gasteiger partial charge < -0.3 is 9.84 Å². The minimum Gasteiger partial charge on any atom is -0.479 e. The lowest BCUT2D eigenvalue weighted by molar-refractivity contribution is -0.156. The van der Waals surface area contributed by atoms with E-state index in [-0.39, 0.29) is 6.04 Å². The van der Waals surface area contributed by atoms with E-state index in [4.69, 9.17) is 4.74 Å². The van der Waals surface area contributed by atoms with Crippen LogP contribution in [-0.2, 0) is 9.53 Å². The van der Waals surface area contributed by atoms with Crippen LogP contribution in [0.15, 0.2) is 30.3 Å². The standard InChI is InChI=1S/C14H19NO3/c1-3-14(4-2)15-11(12(18-14)13(16)17)10-8-6-5-7-9-10/h5-9,11-12,15H,3-4H2,1-2H3,(H,16,17). The molecule has 1 heterocycles. The summed E-state index contributed by atoms with van der Waals surface area (Å²) < 4.78 is 5.77. The second kappa shape index (κ2) is 5.08. The third-order valence-electron chi connectivity index (χ3n) is 3.62. The highest BCUT2D eigenvalue weighted by molar-refractivity contribution is 5.74. The summed E-state index contributed by atoms with van der Waals surface area (Å²) in [5.74, 6) is -0.917. The first-order valence-corrected chi connectivity index (χ1v) is 6.35. The predicted molar refractivity (Wildman–Crippen MR) is 68.1 cm³/mol. The fraction of sp³-hybridized carbons (Fsp3) is 0.500. The van der Waals surface area contributed by atoms with Crippen LogP contribution in [-0.4, -0.2) is 22.9 Å². The normalized spacial score (nSPS) is 26.1. The number of hydrogen-bond donors (Lipinski definition) is 2. The van der Waals surface area contributed by atoms with Crippen molar-refractivity contribution in [3.63, 3.8) is 0 Å². The molecule has 98 valence electrons. The van der Waals surface area contributed by atoms with Crippen molar-refractivity contribution in [1.82, 2.24) is 5.32 Å². The Balaban J connectivity index is 2.31. The van der Waals surface area contributed by atoms with Crippen LogP contribution in [0.1, 0.15) is 38.3 Å². The molecule has 1 fully saturated rings. The molecule has 1 saturated heterocycles. The molecule has 2 N–H and O–H groups in total. The molecule has 4 nitrogen and oxygen atoms in total. The van der Waals surface area contributed by atoms with E-state index < -0.39 is 17.8 Å². The third-order valence-corrected chi connectivity index (χ3v) is 3.62. The highest BCUT2D eigenvalue weighted by Crippen LogP contribution is 2.35. The fourth-order valence-corrected chi connectivity index (χ4v) is 2.44. The molecule has 1 aromatic carbocycles. The van der Waals surface area contributed by atoms with Crippen molar-refractivity contribution in [2.45, 2.75) is 44.6 Å². The Hall–Kier alpha value is -1.39. The molecule has 0 radical (unpaired) electrons. The minimum absolute atomic E-state index is 0.288. The second-order valence-corrected chi connectivity index (χ2v) is 4.61. The number of rotatable bonds is 4. The van der Waals surface area contributed by atoms with Crippen molar-refractivity contribution in [2.75, 3.05) is 0 Å². The van der Waals surface area contributed by atoms with Crippen molar-refractivity contribution in [1.29, 1.82) is 0 Å². The van der Waals surface area contributed by atoms with Crippen molar-refractivity contribution < 1.29 is 14.6 Å². The van der Waals surface area contributed by atoms with Gasteiger partial charge in [-0.1, -0.05) is 44.2 Å². The van der Waals surface area contributed by atoms with Crippen LogP contribution in [0.3, 0.4) is 0 Å². The van der Waals surface area contributed by atoms with E-state index in [2.05, 4.69) is 5.32 Å². The molecule has 18 heavy (non-hydrogen) atoms. The lowest BCUT2D eigenvalue weighted by Gasteiger charge is -2.26. The SMILES string of the molecule is CCC1(CC)NC(c2ccccc2)C(C(=O)O)O1. The fourth-order valence-electron chi connectivity index (χ4n) is 2.44. The van der Waals surface area contributed by atoms with Gasteiger partial charge in [0.25, 0.3) is 0 Å². The molecule has 0 bridgehead atoms. The van der Waals surface area contributed by atoms with E-state index in [1.807, 2.05) is 44.2 Å². The molecule has 0 amide bonds. The van der Waals surface area contributed by atoms with Gasteiger partial charge in [-0.2, -0.15) is 0 Å². The average Bonchev–Trinajstić information content (AvgIpc) is 2.81. The number of carboxylic acid groups (broad SMARTS) is 1. The monoisotopic (exact) mass is 249 g/mol. The zero-order chi connectivity index (χ0) is 13.2. The summed E-state index contributed by atoms with van der Waals surface area (Å²) in [5, 5.41) is 12.7. The summed E-state index contributed by atoms with van der Waals surface area (Å²) in [7, 11) is 0. The number of hydrogen-bond acceptors (Lipinski definition) is 3. The molecule has 1 aliphatic heterocycles. The van der Waals surface area contributed by atoms with Crippen molar-refractivity contribution >= 4 is 5.97 Å². The molecule has 0 aromatic heterocycles. The number of carboxylic acids is 1. The van der Waals surface area contributed by atoms with Crippen LogP contribution < -0.4 is 5.32 Å². The summed E-state index contributed by atoms with van der Waals surface area (Å²) in [6, 6.07) is 9.31. The van der Waals surface area contributed by atoms with Crippen LogP contribution in [0, 0.1) is 0 Å². The van der Waals surface area contributed by atoms with Crippen molar-refractivity contribution in [3.05, 3.63) is 35.9 Å². The summed E-state index contributed by atoms with van der Waals surface area (Å²) in [6.07, 6.45) is 0.667. The Labute approximate surface area is 107 Å². The van der Waals surface area contributed by atoms with Gasteiger partial charge in [-0.15, -0.1) is 0 Å². The summed E-state index contributed by atoms with van der Waals surface area (Å²) in [4.78, 5) is 11.3. The molecule has 0 spiro atoms. The number of carbonyl (C=O) groups is 1. The van der Waals surface area contributed by atoms with Gasteiger partial charge in [-0.3, -0.25) is 5.32 Å². The zero-order valence-electron chi connectivity index (χ0n) is 10.7. The first-order chi connectivity index (χ1) is 8.62. The highest BCUT2D eigenvalue weighted by Gasteiger charge is 2.47. The van der Waals surface area contributed by atoms with Crippen LogP contribution in [0.2, 0.25) is 0 Å². The van der Waals surface area contributed by atoms with E-state index in [0.29, 0.717) is 0 Å². The van der Waals surface area contributed by atoms with Gasteiger partial charge in [0.15, 0.2) is 6.10 Å². The molecular formula is C14H19NO3. The van der Waals surface area contributed by atoms with Gasteiger partial charge in [0.1, 0.15) is 5.72 Å². The van der Waals surface area contributed by atoms with Crippen LogP contribution in [0.5, 0.6) is 0 Å². The Kier molecular flexibility index (Phi) is 3.68. The number of ether oxygens (including phenoxy) is 1. The summed E-state index contributed by atoms with van der Waals surface area (Å²) in [5.41, 5.74) is 0.428. The molecule has 2 atom stereocenters. The summed E-state index contributed by atoms with van der Waals surface area (Å²) >= 11 is 0. The zero-order valence-corrected chi connectivity index (χ0v) is 10.7. The molecule has 0 saturated carbocycles. The van der Waals surface area contributed by atoms with Gasteiger partial charge in [0.2, 0.25) is 0 Å². The van der Waals surface area contributed by atoms with Crippen LogP contribution in [0.25, 0.3) is 0 Å². The van der Waals surface area contributed by atoms with Crippen LogP contribution in [0.4, 0.5) is 0 Å². The van der Waals surface area contributed by atoms with Gasteiger partial charge in [0, 0.05) is 0 Å². The van der Waals surface area contributed by atoms with Crippen molar-refractivity contribution in [3.8, 4) is 0 Å². The quantitative estimate of drug-likeness (QED) is 0.859. The smallest absolute Gasteiger partial charge is 0.334 e. The van der Waals surface area contributed by atoms with E-state index >= 15 is 0 Å². The van der Waals surface area contributed by atoms with E-state index in [0.717, 1.165) is 18.4 Å². The van der Waals surface area contributed by atoms with E-state index in [9.17, 15) is 9.90 Å². The van der Waals surface area contributed by atoms with Gasteiger partial charge in [0.05, 0.1) is 6.04 Å². The number of benzene rings is 1. The van der Waals surface area contributed by atoms with Crippen LogP contribution >= 0.6 is 0 Å². The molecule has 4 heteroatoms. The molecular weight excluding hydrogens is 230 g/mol. The topological polar surface area (TPSA) is 58.6 Å². The Bertz CT molecular complexity index is 414. The molecule has 2 unspecified atom stereocenters. The maximum Gasteiger partial charge on any atom is 0.334 e. The second-order valence-electron chi connectivity index (χ2n) is 4.61. The van der Waals surface area contributed by atoms with E-state index in [1.54, 1.807) is 0 Å². The highest BCUT2D eigenvalue weighted by atomic mass is 16.6. The average molecular weight is 249 g/mol. The third kappa shape index (κ3) is 2.26. The maximum atomic E-state index is 11.3. The Morgan fingerprint density at radius 2 is 1.94 bits per heavy atom.